The normalized spacial score (nSPS) is 34.1. The van der Waals surface area contributed by atoms with Crippen LogP contribution in [0.25, 0.3) is 0 Å². The molecule has 154 valence electrons. The van der Waals surface area contributed by atoms with Crippen LogP contribution in [0.1, 0.15) is 71.1 Å². The summed E-state index contributed by atoms with van der Waals surface area (Å²) < 4.78 is 6.16. The maximum absolute atomic E-state index is 12.5. The molecule has 3 aliphatic carbocycles. The van der Waals surface area contributed by atoms with Crippen LogP contribution in [0.2, 0.25) is 0 Å². The zero-order valence-electron chi connectivity index (χ0n) is 16.8. The number of aliphatic hydroxyl groups excluding tert-OH is 1. The van der Waals surface area contributed by atoms with Crippen molar-refractivity contribution in [1.82, 2.24) is 0 Å². The lowest BCUT2D eigenvalue weighted by molar-refractivity contribution is -0.153. The number of rotatable bonds is 6. The molecule has 0 aromatic carbocycles. The standard InChI is InChI=1S/C23H32O5/c1-2-28-23-14-13-21(25)18(11-12-20(24)16-7-4-3-5-8-16)19(23)15-17(23)9-6-10-22(26)27/h9,16,18-19,21,25H,2-8,10,13-15H2,1H3,(H,26,27). The highest BCUT2D eigenvalue weighted by Gasteiger charge is 2.58. The second-order valence-corrected chi connectivity index (χ2v) is 8.40. The van der Waals surface area contributed by atoms with E-state index < -0.39 is 17.7 Å². The van der Waals surface area contributed by atoms with Gasteiger partial charge >= 0.3 is 5.97 Å². The van der Waals surface area contributed by atoms with Gasteiger partial charge in [-0.15, -0.1) is 0 Å². The number of ether oxygens (including phenoxy) is 1. The molecule has 4 unspecified atom stereocenters. The van der Waals surface area contributed by atoms with E-state index in [4.69, 9.17) is 9.84 Å². The SMILES string of the molecule is CCOC12CCC(O)C(C#CC(=O)C3CCCCC3)C1CC2=CCCC(=O)O. The van der Waals surface area contributed by atoms with Crippen LogP contribution in [0.4, 0.5) is 0 Å². The predicted octanol–water partition coefficient (Wildman–Crippen LogP) is 3.50. The average Bonchev–Trinajstić information content (AvgIpc) is 2.68. The minimum atomic E-state index is -0.804. The molecule has 5 heteroatoms. The monoisotopic (exact) mass is 388 g/mol. The number of carbonyl (C=O) groups excluding carboxylic acids is 1. The first-order valence-electron chi connectivity index (χ1n) is 10.8. The van der Waals surface area contributed by atoms with E-state index in [1.165, 1.54) is 6.42 Å². The molecule has 5 nitrogen and oxygen atoms in total. The van der Waals surface area contributed by atoms with Gasteiger partial charge in [-0.25, -0.2) is 0 Å². The summed E-state index contributed by atoms with van der Waals surface area (Å²) in [5, 5.41) is 19.4. The largest absolute Gasteiger partial charge is 0.481 e. The van der Waals surface area contributed by atoms with Crippen molar-refractivity contribution in [2.24, 2.45) is 17.8 Å². The zero-order valence-corrected chi connectivity index (χ0v) is 16.8. The minimum absolute atomic E-state index is 0.0241. The number of aliphatic hydroxyl groups is 1. The van der Waals surface area contributed by atoms with Crippen molar-refractivity contribution in [1.29, 1.82) is 0 Å². The van der Waals surface area contributed by atoms with Gasteiger partial charge in [0, 0.05) is 24.9 Å². The van der Waals surface area contributed by atoms with E-state index in [0.717, 1.165) is 44.1 Å². The molecule has 0 aliphatic heterocycles. The molecule has 0 radical (unpaired) electrons. The highest BCUT2D eigenvalue weighted by Crippen LogP contribution is 2.57. The molecule has 0 aromatic rings. The molecule has 3 fully saturated rings. The van der Waals surface area contributed by atoms with Gasteiger partial charge in [0.1, 0.15) is 0 Å². The molecule has 0 amide bonds. The Kier molecular flexibility index (Phi) is 6.95. The summed E-state index contributed by atoms with van der Waals surface area (Å²) in [4.78, 5) is 23.3. The third kappa shape index (κ3) is 4.34. The Morgan fingerprint density at radius 1 is 1.25 bits per heavy atom. The van der Waals surface area contributed by atoms with Crippen molar-refractivity contribution in [2.75, 3.05) is 6.61 Å². The maximum atomic E-state index is 12.5. The number of allylic oxidation sites excluding steroid dienone is 1. The number of hydrogen-bond acceptors (Lipinski definition) is 4. The van der Waals surface area contributed by atoms with E-state index in [1.54, 1.807) is 0 Å². The van der Waals surface area contributed by atoms with Gasteiger partial charge in [-0.1, -0.05) is 31.3 Å². The molecule has 4 atom stereocenters. The quantitative estimate of drug-likeness (QED) is 0.413. The molecule has 3 saturated carbocycles. The van der Waals surface area contributed by atoms with Gasteiger partial charge in [-0.3, -0.25) is 9.59 Å². The molecule has 2 N–H and O–H groups in total. The Morgan fingerprint density at radius 3 is 2.68 bits per heavy atom. The van der Waals surface area contributed by atoms with E-state index in [2.05, 4.69) is 11.8 Å². The molecule has 28 heavy (non-hydrogen) atoms. The average molecular weight is 389 g/mol. The second kappa shape index (κ2) is 9.24. The summed E-state index contributed by atoms with van der Waals surface area (Å²) in [6.07, 6.45) is 9.40. The lowest BCUT2D eigenvalue weighted by Gasteiger charge is -2.57. The van der Waals surface area contributed by atoms with Gasteiger partial charge in [-0.05, 0) is 56.9 Å². The molecule has 0 saturated heterocycles. The molecule has 0 spiro atoms. The Morgan fingerprint density at radius 2 is 2.00 bits per heavy atom. The molecular formula is C23H32O5. The summed E-state index contributed by atoms with van der Waals surface area (Å²) in [5.74, 6) is 5.09. The van der Waals surface area contributed by atoms with Crippen molar-refractivity contribution in [2.45, 2.75) is 82.8 Å². The number of hydrogen-bond donors (Lipinski definition) is 2. The van der Waals surface area contributed by atoms with Crippen molar-refractivity contribution in [3.63, 3.8) is 0 Å². The third-order valence-electron chi connectivity index (χ3n) is 6.73. The fourth-order valence-electron chi connectivity index (χ4n) is 5.23. The van der Waals surface area contributed by atoms with E-state index >= 15 is 0 Å². The van der Waals surface area contributed by atoms with Crippen LogP contribution in [-0.4, -0.2) is 40.3 Å². The molecule has 3 aliphatic rings. The first kappa shape index (κ1) is 21.1. The fourth-order valence-corrected chi connectivity index (χ4v) is 5.23. The van der Waals surface area contributed by atoms with Crippen LogP contribution in [-0.2, 0) is 14.3 Å². The Hall–Kier alpha value is -1.64. The Bertz CT molecular complexity index is 679. The lowest BCUT2D eigenvalue weighted by atomic mass is 9.53. The van der Waals surface area contributed by atoms with Crippen molar-refractivity contribution >= 4 is 11.8 Å². The number of Topliss-reactive ketones (excluding diaryl/α,β-unsaturated/α-hetero) is 1. The van der Waals surface area contributed by atoms with Crippen LogP contribution in [0.5, 0.6) is 0 Å². The van der Waals surface area contributed by atoms with Crippen LogP contribution in [0, 0.1) is 29.6 Å². The molecule has 0 heterocycles. The summed E-state index contributed by atoms with van der Waals surface area (Å²) in [6.45, 7) is 2.52. The van der Waals surface area contributed by atoms with Gasteiger partial charge in [0.2, 0.25) is 5.78 Å². The van der Waals surface area contributed by atoms with Crippen LogP contribution in [0.15, 0.2) is 11.6 Å². The second-order valence-electron chi connectivity index (χ2n) is 8.40. The third-order valence-corrected chi connectivity index (χ3v) is 6.73. The summed E-state index contributed by atoms with van der Waals surface area (Å²) in [5.41, 5.74) is 0.692. The minimum Gasteiger partial charge on any atom is -0.481 e. The predicted molar refractivity (Wildman–Crippen MR) is 106 cm³/mol. The van der Waals surface area contributed by atoms with Gasteiger partial charge in [0.25, 0.3) is 0 Å². The zero-order chi connectivity index (χ0) is 20.1. The van der Waals surface area contributed by atoms with Crippen LogP contribution in [0.3, 0.4) is 0 Å². The Labute approximate surface area is 167 Å². The van der Waals surface area contributed by atoms with Gasteiger partial charge < -0.3 is 14.9 Å². The van der Waals surface area contributed by atoms with Crippen LogP contribution < -0.4 is 0 Å². The maximum Gasteiger partial charge on any atom is 0.303 e. The van der Waals surface area contributed by atoms with Crippen molar-refractivity contribution in [3.05, 3.63) is 11.6 Å². The van der Waals surface area contributed by atoms with E-state index in [1.807, 2.05) is 13.0 Å². The number of carboxylic acids is 1. The smallest absolute Gasteiger partial charge is 0.303 e. The van der Waals surface area contributed by atoms with Gasteiger partial charge in [0.05, 0.1) is 17.6 Å². The number of ketones is 1. The first-order chi connectivity index (χ1) is 13.5. The Balaban J connectivity index is 1.73. The molecule has 3 rings (SSSR count). The number of carbonyl (C=O) groups is 2. The molecule has 0 bridgehead atoms. The number of fused-ring (bicyclic) bond motifs is 1. The number of aliphatic carboxylic acids is 1. The highest BCUT2D eigenvalue weighted by molar-refractivity contribution is 5.97. The summed E-state index contributed by atoms with van der Waals surface area (Å²) >= 11 is 0. The first-order valence-corrected chi connectivity index (χ1v) is 10.8. The molecule has 0 aromatic heterocycles. The lowest BCUT2D eigenvalue weighted by Crippen LogP contribution is -2.60. The van der Waals surface area contributed by atoms with Gasteiger partial charge in [-0.2, -0.15) is 0 Å². The summed E-state index contributed by atoms with van der Waals surface area (Å²) in [7, 11) is 0. The molecular weight excluding hydrogens is 356 g/mol. The van der Waals surface area contributed by atoms with Crippen molar-refractivity contribution < 1.29 is 24.5 Å². The van der Waals surface area contributed by atoms with E-state index in [0.29, 0.717) is 19.4 Å². The van der Waals surface area contributed by atoms with E-state index in [-0.39, 0.29) is 30.0 Å². The topological polar surface area (TPSA) is 83.8 Å². The van der Waals surface area contributed by atoms with Crippen molar-refractivity contribution in [3.8, 4) is 11.8 Å². The summed E-state index contributed by atoms with van der Waals surface area (Å²) in [6, 6.07) is 0. The van der Waals surface area contributed by atoms with Crippen LogP contribution >= 0.6 is 0 Å². The highest BCUT2D eigenvalue weighted by atomic mass is 16.5. The van der Waals surface area contributed by atoms with E-state index in [9.17, 15) is 14.7 Å². The van der Waals surface area contributed by atoms with Gasteiger partial charge in [0.15, 0.2) is 0 Å². The fraction of sp³-hybridized carbons (Fsp3) is 0.739. The number of carboxylic acid groups (broad SMARTS) is 1.